The van der Waals surface area contributed by atoms with E-state index in [4.69, 9.17) is 20.6 Å². The van der Waals surface area contributed by atoms with E-state index in [-0.39, 0.29) is 18.9 Å². The average molecular weight is 298 g/mol. The molecule has 1 aliphatic heterocycles. The van der Waals surface area contributed by atoms with Crippen LogP contribution in [0, 0.1) is 0 Å². The van der Waals surface area contributed by atoms with Gasteiger partial charge in [-0.25, -0.2) is 15.0 Å². The minimum absolute atomic E-state index is 0.0531. The summed E-state index contributed by atoms with van der Waals surface area (Å²) in [5.74, 6) is -0.624. The van der Waals surface area contributed by atoms with Crippen LogP contribution < -0.4 is 11.1 Å². The van der Waals surface area contributed by atoms with Crippen LogP contribution in [0.3, 0.4) is 0 Å². The van der Waals surface area contributed by atoms with Gasteiger partial charge in [0.1, 0.15) is 5.60 Å². The molecule has 0 unspecified atom stereocenters. The molecule has 0 bridgehead atoms. The third-order valence-corrected chi connectivity index (χ3v) is 2.86. The molecule has 1 heterocycles. The van der Waals surface area contributed by atoms with Crippen LogP contribution in [-0.4, -0.2) is 48.0 Å². The number of ether oxygens (including phenoxy) is 2. The highest BCUT2D eigenvalue weighted by atomic mass is 16.6. The Morgan fingerprint density at radius 2 is 2.00 bits per heavy atom. The first-order valence-electron chi connectivity index (χ1n) is 6.91. The fourth-order valence-electron chi connectivity index (χ4n) is 1.85. The van der Waals surface area contributed by atoms with Gasteiger partial charge in [-0.15, -0.1) is 0 Å². The van der Waals surface area contributed by atoms with Gasteiger partial charge in [-0.1, -0.05) is 0 Å². The maximum Gasteiger partial charge on any atom is 0.410 e. The fourth-order valence-corrected chi connectivity index (χ4v) is 1.85. The van der Waals surface area contributed by atoms with E-state index in [0.29, 0.717) is 24.2 Å². The number of rotatable bonds is 3. The number of carbonyl (C=O) groups excluding carboxylic acids is 2. The van der Waals surface area contributed by atoms with Gasteiger partial charge in [0.15, 0.2) is 0 Å². The molecule has 0 fully saturated rings. The lowest BCUT2D eigenvalue weighted by Crippen LogP contribution is -2.52. The maximum atomic E-state index is 12.1. The van der Waals surface area contributed by atoms with Gasteiger partial charge >= 0.3 is 12.1 Å². The number of esters is 1. The van der Waals surface area contributed by atoms with Crippen molar-refractivity contribution in [3.63, 3.8) is 0 Å². The lowest BCUT2D eigenvalue weighted by atomic mass is 10.0. The van der Waals surface area contributed by atoms with Gasteiger partial charge in [0.2, 0.25) is 0 Å². The lowest BCUT2D eigenvalue weighted by Gasteiger charge is -2.30. The van der Waals surface area contributed by atoms with Crippen molar-refractivity contribution < 1.29 is 24.5 Å². The van der Waals surface area contributed by atoms with Crippen LogP contribution in [0.15, 0.2) is 11.3 Å². The molecule has 0 atom stereocenters. The Morgan fingerprint density at radius 1 is 1.38 bits per heavy atom. The Morgan fingerprint density at radius 3 is 2.52 bits per heavy atom. The van der Waals surface area contributed by atoms with Crippen molar-refractivity contribution in [1.29, 1.82) is 0 Å². The predicted octanol–water partition coefficient (Wildman–Crippen LogP) is -0.397. The summed E-state index contributed by atoms with van der Waals surface area (Å²) >= 11 is 0. The monoisotopic (exact) mass is 298 g/mol. The molecule has 0 aliphatic carbocycles. The molecular weight excluding hydrogens is 274 g/mol. The van der Waals surface area contributed by atoms with E-state index < -0.39 is 17.7 Å². The van der Waals surface area contributed by atoms with E-state index in [1.165, 1.54) is 4.90 Å². The minimum atomic E-state index is -0.624. The van der Waals surface area contributed by atoms with Gasteiger partial charge in [-0.05, 0) is 27.7 Å². The van der Waals surface area contributed by atoms with Crippen molar-refractivity contribution in [2.24, 2.45) is 5.73 Å². The Balaban J connectivity index is 2.81. The van der Waals surface area contributed by atoms with E-state index >= 15 is 0 Å². The van der Waals surface area contributed by atoms with Crippen molar-refractivity contribution >= 4 is 17.8 Å². The van der Waals surface area contributed by atoms with E-state index in [1.807, 2.05) is 0 Å². The Hall–Kier alpha value is -2.05. The fraction of sp³-hybridized carbons (Fsp3) is 0.643. The first-order chi connectivity index (χ1) is 9.65. The normalized spacial score (nSPS) is 15.7. The molecular formula is C14H24N3O4+. The molecule has 0 saturated heterocycles. The molecule has 0 saturated carbocycles. The van der Waals surface area contributed by atoms with Crippen LogP contribution in [0.1, 0.15) is 34.1 Å². The largest absolute Gasteiger partial charge is 0.458 e. The third kappa shape index (κ3) is 4.77. The molecule has 0 aromatic heterocycles. The zero-order valence-electron chi connectivity index (χ0n) is 13.1. The highest BCUT2D eigenvalue weighted by molar-refractivity contribution is 6.40. The van der Waals surface area contributed by atoms with Crippen LogP contribution in [0.2, 0.25) is 0 Å². The Kier molecular flexibility index (Phi) is 5.34. The van der Waals surface area contributed by atoms with Gasteiger partial charge in [0, 0.05) is 18.7 Å². The van der Waals surface area contributed by atoms with Crippen LogP contribution in [-0.2, 0) is 14.3 Å². The van der Waals surface area contributed by atoms with Crippen molar-refractivity contribution in [2.75, 3.05) is 19.7 Å². The van der Waals surface area contributed by atoms with E-state index in [2.05, 4.69) is 0 Å². The first kappa shape index (κ1) is 17.0. The molecule has 4 N–H and O–H groups in total. The van der Waals surface area contributed by atoms with Crippen LogP contribution in [0.4, 0.5) is 4.79 Å². The smallest absolute Gasteiger partial charge is 0.410 e. The van der Waals surface area contributed by atoms with Crippen LogP contribution in [0.5, 0.6) is 0 Å². The highest BCUT2D eigenvalue weighted by Gasteiger charge is 2.32. The summed E-state index contributed by atoms with van der Waals surface area (Å²) in [7, 11) is 0. The number of nitrogens with two attached hydrogens (primary N) is 2. The van der Waals surface area contributed by atoms with Crippen molar-refractivity contribution in [3.8, 4) is 0 Å². The second-order valence-corrected chi connectivity index (χ2v) is 5.79. The van der Waals surface area contributed by atoms with Gasteiger partial charge < -0.3 is 20.1 Å². The van der Waals surface area contributed by atoms with E-state index in [0.717, 1.165) is 0 Å². The predicted molar refractivity (Wildman–Crippen MR) is 77.2 cm³/mol. The summed E-state index contributed by atoms with van der Waals surface area (Å²) in [5, 5.41) is 5.78. The molecule has 1 rings (SSSR count). The van der Waals surface area contributed by atoms with Gasteiger partial charge in [-0.3, -0.25) is 0 Å². The van der Waals surface area contributed by atoms with Gasteiger partial charge in [0.25, 0.3) is 5.71 Å². The topological polar surface area (TPSA) is 107 Å². The summed E-state index contributed by atoms with van der Waals surface area (Å²) in [6.45, 7) is 7.86. The summed E-state index contributed by atoms with van der Waals surface area (Å²) in [5.41, 5.74) is 6.20. The van der Waals surface area contributed by atoms with Gasteiger partial charge in [0.05, 0.1) is 18.7 Å². The lowest BCUT2D eigenvalue weighted by molar-refractivity contribution is -0.152. The second-order valence-electron chi connectivity index (χ2n) is 5.79. The van der Waals surface area contributed by atoms with Crippen molar-refractivity contribution in [1.82, 2.24) is 4.90 Å². The van der Waals surface area contributed by atoms with Crippen LogP contribution >= 0.6 is 0 Å². The number of amides is 1. The highest BCUT2D eigenvalue weighted by Crippen LogP contribution is 2.18. The summed E-state index contributed by atoms with van der Waals surface area (Å²) < 4.78 is 10.2. The second kappa shape index (κ2) is 6.60. The number of hydrogen-bond donors (Lipinski definition) is 2. The quantitative estimate of drug-likeness (QED) is 0.544. The molecule has 7 heteroatoms. The number of nitrogens with zero attached hydrogens (tertiary/aromatic N) is 1. The first-order valence-corrected chi connectivity index (χ1v) is 6.91. The molecule has 21 heavy (non-hydrogen) atoms. The maximum absolute atomic E-state index is 12.1. The zero-order valence-corrected chi connectivity index (χ0v) is 13.1. The number of hydrogen-bond acceptors (Lipinski definition) is 5. The van der Waals surface area contributed by atoms with E-state index in [9.17, 15) is 9.59 Å². The molecule has 0 radical (unpaired) electrons. The summed E-state index contributed by atoms with van der Waals surface area (Å²) in [6, 6.07) is 0. The minimum Gasteiger partial charge on any atom is -0.458 e. The van der Waals surface area contributed by atoms with E-state index in [1.54, 1.807) is 27.7 Å². The molecule has 1 aliphatic rings. The molecule has 0 aromatic carbocycles. The van der Waals surface area contributed by atoms with Gasteiger partial charge in [-0.2, -0.15) is 0 Å². The molecule has 1 amide bonds. The SMILES string of the molecule is CCOC(=O)C(=[NH2+])C1=C(N)CCN(C(=O)OC(C)(C)C)C1. The zero-order chi connectivity index (χ0) is 16.2. The third-order valence-electron chi connectivity index (χ3n) is 2.86. The van der Waals surface area contributed by atoms with Crippen molar-refractivity contribution in [3.05, 3.63) is 11.3 Å². The Bertz CT molecular complexity index is 477. The van der Waals surface area contributed by atoms with Crippen molar-refractivity contribution in [2.45, 2.75) is 39.7 Å². The standard InChI is InChI=1S/C14H23N3O4/c1-5-20-12(18)11(16)9-8-17(7-6-10(9)15)13(19)21-14(2,3)4/h16H,5-8,15H2,1-4H3/p+1. The molecule has 118 valence electrons. The molecule has 0 spiro atoms. The van der Waals surface area contributed by atoms with Crippen LogP contribution in [0.25, 0.3) is 0 Å². The summed E-state index contributed by atoms with van der Waals surface area (Å²) in [6.07, 6.45) is -0.0153. The number of carbonyl (C=O) groups is 2. The molecule has 0 aromatic rings. The molecule has 7 nitrogen and oxygen atoms in total. The Labute approximate surface area is 124 Å². The average Bonchev–Trinajstić information content (AvgIpc) is 2.36. The summed E-state index contributed by atoms with van der Waals surface area (Å²) in [4.78, 5) is 25.2.